The van der Waals surface area contributed by atoms with Gasteiger partial charge in [0.15, 0.2) is 0 Å². The van der Waals surface area contributed by atoms with Gasteiger partial charge >= 0.3 is 0 Å². The summed E-state index contributed by atoms with van der Waals surface area (Å²) in [5.74, 6) is -0.323. The SMILES string of the molecule is CCN(CC)CCCNC(=O)[C@H](Cc1cccc2ccccc12)NC(C)=O. The van der Waals surface area contributed by atoms with Gasteiger partial charge in [0, 0.05) is 19.9 Å². The number of carbonyl (C=O) groups excluding carboxylic acids is 2. The Morgan fingerprint density at radius 1 is 1.04 bits per heavy atom. The lowest BCUT2D eigenvalue weighted by molar-refractivity contribution is -0.128. The molecule has 27 heavy (non-hydrogen) atoms. The first-order valence-corrected chi connectivity index (χ1v) is 9.79. The summed E-state index contributed by atoms with van der Waals surface area (Å²) in [6, 6.07) is 13.6. The molecule has 146 valence electrons. The van der Waals surface area contributed by atoms with Crippen molar-refractivity contribution < 1.29 is 9.59 Å². The van der Waals surface area contributed by atoms with Crippen LogP contribution in [0, 0.1) is 0 Å². The molecule has 0 saturated carbocycles. The molecule has 1 atom stereocenters. The number of fused-ring (bicyclic) bond motifs is 1. The van der Waals surface area contributed by atoms with Crippen LogP contribution < -0.4 is 10.6 Å². The van der Waals surface area contributed by atoms with Crippen LogP contribution in [0.5, 0.6) is 0 Å². The van der Waals surface area contributed by atoms with Gasteiger partial charge in [0.05, 0.1) is 0 Å². The Morgan fingerprint density at radius 2 is 1.74 bits per heavy atom. The molecule has 0 spiro atoms. The van der Waals surface area contributed by atoms with E-state index in [4.69, 9.17) is 0 Å². The van der Waals surface area contributed by atoms with Gasteiger partial charge in [-0.05, 0) is 42.4 Å². The first-order valence-electron chi connectivity index (χ1n) is 9.79. The zero-order chi connectivity index (χ0) is 19.6. The summed E-state index contributed by atoms with van der Waals surface area (Å²) in [7, 11) is 0. The highest BCUT2D eigenvalue weighted by Crippen LogP contribution is 2.19. The number of nitrogens with zero attached hydrogens (tertiary/aromatic N) is 1. The lowest BCUT2D eigenvalue weighted by Crippen LogP contribution is -2.47. The average Bonchev–Trinajstić information content (AvgIpc) is 2.67. The first-order chi connectivity index (χ1) is 13.0. The molecule has 0 fully saturated rings. The van der Waals surface area contributed by atoms with Gasteiger partial charge in [-0.25, -0.2) is 0 Å². The van der Waals surface area contributed by atoms with Crippen molar-refractivity contribution in [2.24, 2.45) is 0 Å². The van der Waals surface area contributed by atoms with Crippen LogP contribution in [0.3, 0.4) is 0 Å². The standard InChI is InChI=1S/C22H31N3O2/c1-4-25(5-2)15-9-14-23-22(27)21(24-17(3)26)16-19-12-8-11-18-10-6-7-13-20(18)19/h6-8,10-13,21H,4-5,9,14-16H2,1-3H3,(H,23,27)(H,24,26)/t21-/m0/s1. The molecular formula is C22H31N3O2. The summed E-state index contributed by atoms with van der Waals surface area (Å²) in [5, 5.41) is 8.03. The number of carbonyl (C=O) groups is 2. The lowest BCUT2D eigenvalue weighted by Gasteiger charge is -2.20. The van der Waals surface area contributed by atoms with Crippen LogP contribution in [0.4, 0.5) is 0 Å². The van der Waals surface area contributed by atoms with Gasteiger partial charge in [0.1, 0.15) is 6.04 Å². The number of nitrogens with one attached hydrogen (secondary N) is 2. The average molecular weight is 370 g/mol. The van der Waals surface area contributed by atoms with E-state index in [9.17, 15) is 9.59 Å². The maximum absolute atomic E-state index is 12.7. The molecule has 2 aromatic rings. The Balaban J connectivity index is 2.01. The lowest BCUT2D eigenvalue weighted by atomic mass is 9.98. The fraction of sp³-hybridized carbons (Fsp3) is 0.455. The second-order valence-electron chi connectivity index (χ2n) is 6.77. The van der Waals surface area contributed by atoms with Crippen molar-refractivity contribution in [1.29, 1.82) is 0 Å². The molecule has 0 aliphatic heterocycles. The van der Waals surface area contributed by atoms with Crippen molar-refractivity contribution in [2.75, 3.05) is 26.2 Å². The van der Waals surface area contributed by atoms with Crippen molar-refractivity contribution in [3.8, 4) is 0 Å². The van der Waals surface area contributed by atoms with Gasteiger partial charge < -0.3 is 15.5 Å². The number of hydrogen-bond donors (Lipinski definition) is 2. The molecule has 0 aromatic heterocycles. The molecule has 0 saturated heterocycles. The molecule has 2 aromatic carbocycles. The third-order valence-corrected chi connectivity index (χ3v) is 4.84. The third-order valence-electron chi connectivity index (χ3n) is 4.84. The van der Waals surface area contributed by atoms with E-state index in [1.54, 1.807) is 0 Å². The van der Waals surface area contributed by atoms with Crippen LogP contribution in [0.25, 0.3) is 10.8 Å². The van der Waals surface area contributed by atoms with Gasteiger partial charge in [0.25, 0.3) is 0 Å². The number of hydrogen-bond acceptors (Lipinski definition) is 3. The Kier molecular flexibility index (Phi) is 8.27. The van der Waals surface area contributed by atoms with Crippen molar-refractivity contribution in [3.05, 3.63) is 48.0 Å². The minimum atomic E-state index is -0.568. The van der Waals surface area contributed by atoms with E-state index >= 15 is 0 Å². The summed E-state index contributed by atoms with van der Waals surface area (Å²) >= 11 is 0. The molecule has 0 heterocycles. The highest BCUT2D eigenvalue weighted by molar-refractivity contribution is 5.89. The maximum Gasteiger partial charge on any atom is 0.242 e. The van der Waals surface area contributed by atoms with Gasteiger partial charge in [-0.1, -0.05) is 56.3 Å². The molecule has 2 amide bonds. The Morgan fingerprint density at radius 3 is 2.44 bits per heavy atom. The molecule has 2 rings (SSSR count). The molecule has 0 bridgehead atoms. The molecule has 2 N–H and O–H groups in total. The quantitative estimate of drug-likeness (QED) is 0.633. The highest BCUT2D eigenvalue weighted by atomic mass is 16.2. The molecule has 0 unspecified atom stereocenters. The van der Waals surface area contributed by atoms with Crippen LogP contribution in [0.15, 0.2) is 42.5 Å². The minimum absolute atomic E-state index is 0.127. The minimum Gasteiger partial charge on any atom is -0.354 e. The predicted octanol–water partition coefficient (Wildman–Crippen LogP) is 2.74. The monoisotopic (exact) mass is 369 g/mol. The zero-order valence-corrected chi connectivity index (χ0v) is 16.6. The molecule has 0 aliphatic carbocycles. The fourth-order valence-corrected chi connectivity index (χ4v) is 3.32. The fourth-order valence-electron chi connectivity index (χ4n) is 3.32. The van der Waals surface area contributed by atoms with Crippen molar-refractivity contribution in [3.63, 3.8) is 0 Å². The van der Waals surface area contributed by atoms with Gasteiger partial charge in [-0.15, -0.1) is 0 Å². The Bertz CT molecular complexity index is 751. The van der Waals surface area contributed by atoms with E-state index in [1.807, 2.05) is 24.3 Å². The van der Waals surface area contributed by atoms with E-state index in [-0.39, 0.29) is 11.8 Å². The second-order valence-corrected chi connectivity index (χ2v) is 6.77. The van der Waals surface area contributed by atoms with E-state index in [0.29, 0.717) is 13.0 Å². The Hall–Kier alpha value is -2.40. The smallest absolute Gasteiger partial charge is 0.242 e. The molecule has 0 aliphatic rings. The predicted molar refractivity (Wildman–Crippen MR) is 111 cm³/mol. The van der Waals surface area contributed by atoms with Crippen LogP contribution >= 0.6 is 0 Å². The Labute approximate surface area is 162 Å². The highest BCUT2D eigenvalue weighted by Gasteiger charge is 2.20. The van der Waals surface area contributed by atoms with E-state index in [1.165, 1.54) is 6.92 Å². The van der Waals surface area contributed by atoms with Gasteiger partial charge in [-0.2, -0.15) is 0 Å². The number of benzene rings is 2. The van der Waals surface area contributed by atoms with Crippen LogP contribution in [0.1, 0.15) is 32.8 Å². The van der Waals surface area contributed by atoms with Crippen LogP contribution in [0.2, 0.25) is 0 Å². The summed E-state index contributed by atoms with van der Waals surface area (Å²) in [4.78, 5) is 26.6. The second kappa shape index (κ2) is 10.7. The molecule has 5 heteroatoms. The summed E-state index contributed by atoms with van der Waals surface area (Å²) < 4.78 is 0. The third kappa shape index (κ3) is 6.36. The topological polar surface area (TPSA) is 61.4 Å². The number of rotatable bonds is 10. The van der Waals surface area contributed by atoms with Crippen molar-refractivity contribution >= 4 is 22.6 Å². The maximum atomic E-state index is 12.7. The van der Waals surface area contributed by atoms with Crippen LogP contribution in [-0.4, -0.2) is 48.9 Å². The zero-order valence-electron chi connectivity index (χ0n) is 16.6. The van der Waals surface area contributed by atoms with Gasteiger partial charge in [0.2, 0.25) is 11.8 Å². The molecular weight excluding hydrogens is 338 g/mol. The molecule has 5 nitrogen and oxygen atoms in total. The van der Waals surface area contributed by atoms with Crippen molar-refractivity contribution in [2.45, 2.75) is 39.7 Å². The van der Waals surface area contributed by atoms with Crippen LogP contribution in [-0.2, 0) is 16.0 Å². The summed E-state index contributed by atoms with van der Waals surface area (Å²) in [6.45, 7) is 9.32. The number of amides is 2. The van der Waals surface area contributed by atoms with Crippen molar-refractivity contribution in [1.82, 2.24) is 15.5 Å². The first kappa shape index (κ1) is 20.9. The summed E-state index contributed by atoms with van der Waals surface area (Å²) in [5.41, 5.74) is 1.06. The van der Waals surface area contributed by atoms with E-state index in [2.05, 4.69) is 47.6 Å². The largest absolute Gasteiger partial charge is 0.354 e. The summed E-state index contributed by atoms with van der Waals surface area (Å²) in [6.07, 6.45) is 1.37. The van der Waals surface area contributed by atoms with E-state index in [0.717, 1.165) is 42.4 Å². The van der Waals surface area contributed by atoms with Gasteiger partial charge in [-0.3, -0.25) is 9.59 Å². The normalized spacial score (nSPS) is 12.1. The van der Waals surface area contributed by atoms with E-state index < -0.39 is 6.04 Å². The molecule has 0 radical (unpaired) electrons.